The van der Waals surface area contributed by atoms with Crippen LogP contribution in [0.2, 0.25) is 0 Å². The van der Waals surface area contributed by atoms with E-state index in [-0.39, 0.29) is 18.1 Å². The lowest BCUT2D eigenvalue weighted by atomic mass is 10.0. The summed E-state index contributed by atoms with van der Waals surface area (Å²) in [5.74, 6) is 1.34. The summed E-state index contributed by atoms with van der Waals surface area (Å²) in [6.07, 6.45) is 4.09. The molecule has 0 fully saturated rings. The minimum Gasteiger partial charge on any atom is -0.461 e. The van der Waals surface area contributed by atoms with Gasteiger partial charge in [0.05, 0.1) is 11.9 Å². The normalized spacial score (nSPS) is 13.9. The predicted octanol–water partition coefficient (Wildman–Crippen LogP) is 2.17. The van der Waals surface area contributed by atoms with E-state index < -0.39 is 5.60 Å². The Kier molecular flexibility index (Phi) is 5.08. The zero-order chi connectivity index (χ0) is 15.3. The highest BCUT2D eigenvalue weighted by Gasteiger charge is 2.22. The summed E-state index contributed by atoms with van der Waals surface area (Å²) in [6, 6.07) is 4.95. The molecule has 0 radical (unpaired) electrons. The van der Waals surface area contributed by atoms with Gasteiger partial charge in [-0.2, -0.15) is 11.8 Å². The Hall–Kier alpha value is -1.73. The van der Waals surface area contributed by atoms with Gasteiger partial charge in [0.1, 0.15) is 0 Å². The van der Waals surface area contributed by atoms with Crippen LogP contribution in [0.5, 0.6) is 0 Å². The molecule has 6 nitrogen and oxygen atoms in total. The van der Waals surface area contributed by atoms with E-state index in [4.69, 9.17) is 8.94 Å². The largest absolute Gasteiger partial charge is 0.461 e. The van der Waals surface area contributed by atoms with Crippen molar-refractivity contribution in [1.29, 1.82) is 0 Å². The second-order valence-corrected chi connectivity index (χ2v) is 5.96. The lowest BCUT2D eigenvalue weighted by Gasteiger charge is -2.22. The average Bonchev–Trinajstić information content (AvgIpc) is 3.12. The summed E-state index contributed by atoms with van der Waals surface area (Å²) in [5.41, 5.74) is -0.784. The van der Waals surface area contributed by atoms with Crippen LogP contribution < -0.4 is 5.32 Å². The minimum absolute atomic E-state index is 0.155. The van der Waals surface area contributed by atoms with Crippen LogP contribution in [0.15, 0.2) is 33.4 Å². The number of furan rings is 1. The monoisotopic (exact) mass is 310 g/mol. The fourth-order valence-electron chi connectivity index (χ4n) is 1.69. The van der Waals surface area contributed by atoms with E-state index in [1.807, 2.05) is 6.26 Å². The van der Waals surface area contributed by atoms with E-state index >= 15 is 0 Å². The number of hydrogen-bond donors (Lipinski definition) is 2. The summed E-state index contributed by atoms with van der Waals surface area (Å²) in [6.45, 7) is 1.86. The van der Waals surface area contributed by atoms with Gasteiger partial charge in [0.15, 0.2) is 11.5 Å². The highest BCUT2D eigenvalue weighted by atomic mass is 32.2. The number of rotatable bonds is 7. The number of thioether (sulfide) groups is 1. The molecule has 1 amide bonds. The van der Waals surface area contributed by atoms with Gasteiger partial charge < -0.3 is 19.4 Å². The summed E-state index contributed by atoms with van der Waals surface area (Å²) < 4.78 is 10.2. The first kappa shape index (κ1) is 15.7. The first-order valence-corrected chi connectivity index (χ1v) is 7.91. The zero-order valence-electron chi connectivity index (χ0n) is 12.0. The molecule has 0 aliphatic heterocycles. The molecule has 2 aromatic heterocycles. The smallest absolute Gasteiger partial charge is 0.273 e. The predicted molar refractivity (Wildman–Crippen MR) is 80.2 cm³/mol. The molecule has 1 atom stereocenters. The molecule has 0 spiro atoms. The van der Waals surface area contributed by atoms with Crippen molar-refractivity contribution in [2.45, 2.75) is 18.9 Å². The van der Waals surface area contributed by atoms with Crippen LogP contribution in [0.3, 0.4) is 0 Å². The van der Waals surface area contributed by atoms with Crippen LogP contribution >= 0.6 is 11.8 Å². The van der Waals surface area contributed by atoms with Gasteiger partial charge >= 0.3 is 0 Å². The van der Waals surface area contributed by atoms with Crippen molar-refractivity contribution >= 4 is 17.7 Å². The molecule has 0 aliphatic carbocycles. The van der Waals surface area contributed by atoms with E-state index in [9.17, 15) is 9.90 Å². The van der Waals surface area contributed by atoms with E-state index in [0.717, 1.165) is 5.75 Å². The Bertz CT molecular complexity index is 578. The van der Waals surface area contributed by atoms with Crippen molar-refractivity contribution in [2.75, 3.05) is 18.6 Å². The summed E-state index contributed by atoms with van der Waals surface area (Å²) in [4.78, 5) is 12.0. The maximum absolute atomic E-state index is 12.0. The van der Waals surface area contributed by atoms with E-state index in [2.05, 4.69) is 10.5 Å². The first-order chi connectivity index (χ1) is 10.0. The fraction of sp³-hybridized carbons (Fsp3) is 0.429. The number of hydrogen-bond acceptors (Lipinski definition) is 6. The zero-order valence-corrected chi connectivity index (χ0v) is 12.8. The molecular weight excluding hydrogens is 292 g/mol. The Morgan fingerprint density at radius 2 is 2.33 bits per heavy atom. The van der Waals surface area contributed by atoms with Crippen molar-refractivity contribution in [2.24, 2.45) is 0 Å². The van der Waals surface area contributed by atoms with E-state index in [0.29, 0.717) is 17.9 Å². The number of carbonyl (C=O) groups excluding carboxylic acids is 1. The Morgan fingerprint density at radius 1 is 1.52 bits per heavy atom. The Labute approximate surface area is 126 Å². The second-order valence-electron chi connectivity index (χ2n) is 4.98. The summed E-state index contributed by atoms with van der Waals surface area (Å²) in [7, 11) is 0. The highest BCUT2D eigenvalue weighted by molar-refractivity contribution is 7.98. The topological polar surface area (TPSA) is 88.5 Å². The maximum atomic E-state index is 12.0. The molecule has 7 heteroatoms. The van der Waals surface area contributed by atoms with Crippen LogP contribution in [0.1, 0.15) is 23.8 Å². The summed E-state index contributed by atoms with van der Waals surface area (Å²) >= 11 is 1.65. The van der Waals surface area contributed by atoms with Gasteiger partial charge in [-0.1, -0.05) is 5.16 Å². The van der Waals surface area contributed by atoms with Crippen LogP contribution in [-0.4, -0.2) is 40.3 Å². The molecule has 2 N–H and O–H groups in total. The SMILES string of the molecule is CSCC[C@](C)(O)CNC(=O)c1cc(-c2ccco2)on1. The van der Waals surface area contributed by atoms with Gasteiger partial charge in [0, 0.05) is 12.6 Å². The average molecular weight is 310 g/mol. The third-order valence-corrected chi connectivity index (χ3v) is 3.59. The molecule has 114 valence electrons. The first-order valence-electron chi connectivity index (χ1n) is 6.52. The number of aromatic nitrogens is 1. The van der Waals surface area contributed by atoms with Crippen molar-refractivity contribution in [3.63, 3.8) is 0 Å². The lowest BCUT2D eigenvalue weighted by molar-refractivity contribution is 0.0526. The Balaban J connectivity index is 1.92. The molecule has 21 heavy (non-hydrogen) atoms. The molecule has 0 aromatic carbocycles. The van der Waals surface area contributed by atoms with Crippen LogP contribution in [0.4, 0.5) is 0 Å². The fourth-order valence-corrected chi connectivity index (χ4v) is 2.33. The Morgan fingerprint density at radius 3 is 3.00 bits per heavy atom. The molecule has 2 rings (SSSR count). The highest BCUT2D eigenvalue weighted by Crippen LogP contribution is 2.20. The molecular formula is C14H18N2O4S. The second kappa shape index (κ2) is 6.82. The standard InChI is InChI=1S/C14H18N2O4S/c1-14(18,5-7-21-2)9-15-13(17)10-8-12(20-16-10)11-4-3-6-19-11/h3-4,6,8,18H,5,7,9H2,1-2H3,(H,15,17)/t14-/m0/s1. The number of aliphatic hydroxyl groups is 1. The third kappa shape index (κ3) is 4.37. The van der Waals surface area contributed by atoms with Gasteiger partial charge in [0.25, 0.3) is 5.91 Å². The molecule has 0 saturated heterocycles. The van der Waals surface area contributed by atoms with Gasteiger partial charge in [-0.25, -0.2) is 0 Å². The van der Waals surface area contributed by atoms with Gasteiger partial charge in [-0.15, -0.1) is 0 Å². The maximum Gasteiger partial charge on any atom is 0.273 e. The van der Waals surface area contributed by atoms with E-state index in [1.165, 1.54) is 12.3 Å². The van der Waals surface area contributed by atoms with Gasteiger partial charge in [0.2, 0.25) is 5.76 Å². The van der Waals surface area contributed by atoms with Crippen LogP contribution in [0.25, 0.3) is 11.5 Å². The van der Waals surface area contributed by atoms with Crippen molar-refractivity contribution in [1.82, 2.24) is 10.5 Å². The molecule has 0 aliphatic rings. The van der Waals surface area contributed by atoms with Crippen molar-refractivity contribution in [3.8, 4) is 11.5 Å². The summed E-state index contributed by atoms with van der Waals surface area (Å²) in [5, 5.41) is 16.5. The molecule has 2 heterocycles. The van der Waals surface area contributed by atoms with Crippen molar-refractivity contribution < 1.29 is 18.8 Å². The molecule has 2 aromatic rings. The van der Waals surface area contributed by atoms with Gasteiger partial charge in [-0.3, -0.25) is 4.79 Å². The molecule has 0 saturated carbocycles. The lowest BCUT2D eigenvalue weighted by Crippen LogP contribution is -2.41. The van der Waals surface area contributed by atoms with Crippen LogP contribution in [-0.2, 0) is 0 Å². The molecule has 0 bridgehead atoms. The number of amides is 1. The quantitative estimate of drug-likeness (QED) is 0.815. The van der Waals surface area contributed by atoms with E-state index in [1.54, 1.807) is 30.8 Å². The van der Waals surface area contributed by atoms with Gasteiger partial charge in [-0.05, 0) is 37.5 Å². The minimum atomic E-state index is -0.938. The van der Waals surface area contributed by atoms with Crippen molar-refractivity contribution in [3.05, 3.63) is 30.2 Å². The third-order valence-electron chi connectivity index (χ3n) is 2.98. The number of carbonyl (C=O) groups is 1. The number of nitrogens with one attached hydrogen (secondary N) is 1. The van der Waals surface area contributed by atoms with Crippen LogP contribution in [0, 0.1) is 0 Å². The number of nitrogens with zero attached hydrogens (tertiary/aromatic N) is 1. The molecule has 0 unspecified atom stereocenters.